The van der Waals surface area contributed by atoms with Crippen LogP contribution in [0.4, 0.5) is 0 Å². The molecule has 0 aliphatic carbocycles. The van der Waals surface area contributed by atoms with Gasteiger partial charge in [0.15, 0.2) is 0 Å². The van der Waals surface area contributed by atoms with Gasteiger partial charge in [-0.25, -0.2) is 0 Å². The second kappa shape index (κ2) is 5.55. The summed E-state index contributed by atoms with van der Waals surface area (Å²) in [5.74, 6) is 0.655. The van der Waals surface area contributed by atoms with Gasteiger partial charge < -0.3 is 5.73 Å². The molecular formula is C18H24N2. The lowest BCUT2D eigenvalue weighted by Crippen LogP contribution is -2.31. The highest BCUT2D eigenvalue weighted by molar-refractivity contribution is 5.86. The molecule has 0 bridgehead atoms. The molecule has 3 rings (SSSR count). The fourth-order valence-electron chi connectivity index (χ4n) is 3.67. The van der Waals surface area contributed by atoms with Gasteiger partial charge in [-0.3, -0.25) is 4.90 Å². The summed E-state index contributed by atoms with van der Waals surface area (Å²) in [5.41, 5.74) is 7.30. The van der Waals surface area contributed by atoms with E-state index in [4.69, 9.17) is 5.73 Å². The quantitative estimate of drug-likeness (QED) is 0.922. The summed E-state index contributed by atoms with van der Waals surface area (Å²) in [4.78, 5) is 2.61. The summed E-state index contributed by atoms with van der Waals surface area (Å²) in [6.07, 6.45) is 1.23. The van der Waals surface area contributed by atoms with Gasteiger partial charge in [-0.2, -0.15) is 0 Å². The molecule has 2 N–H and O–H groups in total. The molecule has 1 aliphatic rings. The Morgan fingerprint density at radius 1 is 1.20 bits per heavy atom. The van der Waals surface area contributed by atoms with Gasteiger partial charge in [-0.15, -0.1) is 0 Å². The number of rotatable bonds is 3. The van der Waals surface area contributed by atoms with Crippen LogP contribution in [0.2, 0.25) is 0 Å². The minimum absolute atomic E-state index is 0.452. The maximum Gasteiger partial charge on any atom is 0.0328 e. The van der Waals surface area contributed by atoms with Crippen LogP contribution in [0.3, 0.4) is 0 Å². The zero-order valence-electron chi connectivity index (χ0n) is 12.4. The first kappa shape index (κ1) is 13.6. The molecule has 1 saturated heterocycles. The Morgan fingerprint density at radius 3 is 2.70 bits per heavy atom. The first-order valence-corrected chi connectivity index (χ1v) is 7.64. The molecule has 1 fully saturated rings. The predicted molar refractivity (Wildman–Crippen MR) is 85.7 cm³/mol. The zero-order chi connectivity index (χ0) is 14.1. The number of benzene rings is 2. The molecule has 20 heavy (non-hydrogen) atoms. The van der Waals surface area contributed by atoms with Crippen molar-refractivity contribution in [2.24, 2.45) is 11.7 Å². The average molecular weight is 268 g/mol. The van der Waals surface area contributed by atoms with Gasteiger partial charge in [0.1, 0.15) is 0 Å². The minimum atomic E-state index is 0.452. The number of hydrogen-bond acceptors (Lipinski definition) is 2. The topological polar surface area (TPSA) is 29.3 Å². The van der Waals surface area contributed by atoms with Crippen LogP contribution >= 0.6 is 0 Å². The van der Waals surface area contributed by atoms with Crippen molar-refractivity contribution in [3.05, 3.63) is 48.0 Å². The molecule has 0 amide bonds. The Morgan fingerprint density at radius 2 is 1.95 bits per heavy atom. The molecule has 1 aliphatic heterocycles. The van der Waals surface area contributed by atoms with Crippen LogP contribution in [0.1, 0.15) is 31.9 Å². The number of nitrogens with two attached hydrogens (primary N) is 1. The van der Waals surface area contributed by atoms with Gasteiger partial charge in [-0.05, 0) is 49.1 Å². The molecule has 0 spiro atoms. The van der Waals surface area contributed by atoms with Crippen molar-refractivity contribution in [1.29, 1.82) is 0 Å². The fourth-order valence-corrected chi connectivity index (χ4v) is 3.67. The van der Waals surface area contributed by atoms with Gasteiger partial charge in [0.25, 0.3) is 0 Å². The number of nitrogens with zero attached hydrogens (tertiary/aromatic N) is 1. The number of likely N-dealkylation sites (tertiary alicyclic amines) is 1. The van der Waals surface area contributed by atoms with Gasteiger partial charge >= 0.3 is 0 Å². The molecule has 3 unspecified atom stereocenters. The molecular weight excluding hydrogens is 244 g/mol. The summed E-state index contributed by atoms with van der Waals surface area (Å²) in [5, 5.41) is 2.71. The molecule has 0 saturated carbocycles. The van der Waals surface area contributed by atoms with Gasteiger partial charge in [0, 0.05) is 18.6 Å². The van der Waals surface area contributed by atoms with E-state index in [1.807, 2.05) is 0 Å². The van der Waals surface area contributed by atoms with Crippen LogP contribution in [0.5, 0.6) is 0 Å². The van der Waals surface area contributed by atoms with Crippen molar-refractivity contribution in [3.63, 3.8) is 0 Å². The lowest BCUT2D eigenvalue weighted by atomic mass is 9.98. The minimum Gasteiger partial charge on any atom is -0.330 e. The van der Waals surface area contributed by atoms with Crippen LogP contribution in [-0.4, -0.2) is 24.0 Å². The molecule has 2 aromatic carbocycles. The second-order valence-corrected chi connectivity index (χ2v) is 6.13. The van der Waals surface area contributed by atoms with Gasteiger partial charge in [0.05, 0.1) is 0 Å². The molecule has 0 aromatic heterocycles. The van der Waals surface area contributed by atoms with E-state index in [1.165, 1.54) is 22.8 Å². The zero-order valence-corrected chi connectivity index (χ0v) is 12.4. The molecule has 2 nitrogen and oxygen atoms in total. The van der Waals surface area contributed by atoms with E-state index in [0.29, 0.717) is 18.0 Å². The SMILES string of the molecule is CC1CC(CN)CN1C(C)c1cccc2ccccc12. The lowest BCUT2D eigenvalue weighted by molar-refractivity contribution is 0.202. The van der Waals surface area contributed by atoms with E-state index in [0.717, 1.165) is 13.1 Å². The van der Waals surface area contributed by atoms with Gasteiger partial charge in [0.2, 0.25) is 0 Å². The molecule has 106 valence electrons. The Kier molecular flexibility index (Phi) is 3.77. The van der Waals surface area contributed by atoms with Crippen molar-refractivity contribution in [3.8, 4) is 0 Å². The highest BCUT2D eigenvalue weighted by Crippen LogP contribution is 2.34. The normalized spacial score (nSPS) is 25.1. The van der Waals surface area contributed by atoms with Crippen LogP contribution in [-0.2, 0) is 0 Å². The van der Waals surface area contributed by atoms with E-state index >= 15 is 0 Å². The standard InChI is InChI=1S/C18H24N2/c1-13-10-15(11-19)12-20(13)14(2)17-9-5-7-16-6-3-4-8-18(16)17/h3-9,13-15H,10-12,19H2,1-2H3. The highest BCUT2D eigenvalue weighted by atomic mass is 15.2. The lowest BCUT2D eigenvalue weighted by Gasteiger charge is -2.30. The Hall–Kier alpha value is -1.38. The second-order valence-electron chi connectivity index (χ2n) is 6.13. The predicted octanol–water partition coefficient (Wildman–Crippen LogP) is 3.57. The molecule has 0 radical (unpaired) electrons. The maximum atomic E-state index is 5.86. The third-order valence-electron chi connectivity index (χ3n) is 4.81. The molecule has 1 heterocycles. The third-order valence-corrected chi connectivity index (χ3v) is 4.81. The first-order valence-electron chi connectivity index (χ1n) is 7.64. The van der Waals surface area contributed by atoms with Crippen molar-refractivity contribution in [2.75, 3.05) is 13.1 Å². The summed E-state index contributed by atoms with van der Waals surface area (Å²) >= 11 is 0. The molecule has 2 aromatic rings. The molecule has 2 heteroatoms. The number of hydrogen-bond donors (Lipinski definition) is 1. The number of fused-ring (bicyclic) bond motifs is 1. The van der Waals surface area contributed by atoms with Crippen LogP contribution in [0, 0.1) is 5.92 Å². The summed E-state index contributed by atoms with van der Waals surface area (Å²) in [6, 6.07) is 16.4. The van der Waals surface area contributed by atoms with Crippen molar-refractivity contribution in [1.82, 2.24) is 4.90 Å². The Balaban J connectivity index is 1.95. The maximum absolute atomic E-state index is 5.86. The summed E-state index contributed by atoms with van der Waals surface area (Å²) < 4.78 is 0. The van der Waals surface area contributed by atoms with E-state index in [2.05, 4.69) is 61.2 Å². The highest BCUT2D eigenvalue weighted by Gasteiger charge is 2.32. The first-order chi connectivity index (χ1) is 9.70. The van der Waals surface area contributed by atoms with Crippen molar-refractivity contribution < 1.29 is 0 Å². The van der Waals surface area contributed by atoms with E-state index in [9.17, 15) is 0 Å². The third kappa shape index (κ3) is 2.34. The smallest absolute Gasteiger partial charge is 0.0328 e. The molecule has 3 atom stereocenters. The van der Waals surface area contributed by atoms with Crippen molar-refractivity contribution >= 4 is 10.8 Å². The van der Waals surface area contributed by atoms with Crippen LogP contribution < -0.4 is 5.73 Å². The fraction of sp³-hybridized carbons (Fsp3) is 0.444. The summed E-state index contributed by atoms with van der Waals surface area (Å²) in [7, 11) is 0. The van der Waals surface area contributed by atoms with Crippen molar-refractivity contribution in [2.45, 2.75) is 32.4 Å². The Labute approximate surface area is 121 Å². The van der Waals surface area contributed by atoms with Crippen LogP contribution in [0.15, 0.2) is 42.5 Å². The Bertz CT molecular complexity index is 587. The van der Waals surface area contributed by atoms with E-state index in [1.54, 1.807) is 0 Å². The summed E-state index contributed by atoms with van der Waals surface area (Å²) in [6.45, 7) is 6.60. The van der Waals surface area contributed by atoms with Gasteiger partial charge in [-0.1, -0.05) is 42.5 Å². The largest absolute Gasteiger partial charge is 0.330 e. The monoisotopic (exact) mass is 268 g/mol. The van der Waals surface area contributed by atoms with E-state index < -0.39 is 0 Å². The van der Waals surface area contributed by atoms with Crippen LogP contribution in [0.25, 0.3) is 10.8 Å². The van der Waals surface area contributed by atoms with E-state index in [-0.39, 0.29) is 0 Å². The average Bonchev–Trinajstić information content (AvgIpc) is 2.87.